The number of unbranched alkanes of at least 4 members (excludes halogenated alkanes) is 2. The van der Waals surface area contributed by atoms with E-state index in [2.05, 4.69) is 16.6 Å². The van der Waals surface area contributed by atoms with E-state index in [-0.39, 0.29) is 25.3 Å². The highest BCUT2D eigenvalue weighted by atomic mass is 32.2. The zero-order valence-electron chi connectivity index (χ0n) is 16.2. The van der Waals surface area contributed by atoms with Gasteiger partial charge in [0, 0.05) is 12.8 Å². The zero-order chi connectivity index (χ0) is 20.8. The van der Waals surface area contributed by atoms with E-state index in [1.807, 2.05) is 31.2 Å². The van der Waals surface area contributed by atoms with E-state index in [4.69, 9.17) is 9.84 Å². The molecule has 8 heteroatoms. The molecule has 7 nitrogen and oxygen atoms in total. The van der Waals surface area contributed by atoms with Crippen LogP contribution < -0.4 is 9.46 Å². The normalized spacial score (nSPS) is 12.1. The molecule has 1 aromatic carbocycles. The Morgan fingerprint density at radius 1 is 1.25 bits per heavy atom. The molecule has 3 N–H and O–H groups in total. The monoisotopic (exact) mass is 411 g/mol. The largest absolute Gasteiger partial charge is 0.491 e. The Labute approximate surface area is 167 Å². The number of aryl methyl sites for hydroxylation is 1. The molecule has 0 saturated carbocycles. The molecule has 0 aliphatic carbocycles. The minimum Gasteiger partial charge on any atom is -0.491 e. The number of sulfonamides is 1. The van der Waals surface area contributed by atoms with Crippen LogP contribution in [0.5, 0.6) is 5.75 Å². The van der Waals surface area contributed by atoms with Crippen molar-refractivity contribution in [3.8, 4) is 17.6 Å². The number of rotatable bonds is 13. The lowest BCUT2D eigenvalue weighted by atomic mass is 10.2. The van der Waals surface area contributed by atoms with Crippen molar-refractivity contribution >= 4 is 16.0 Å². The van der Waals surface area contributed by atoms with Crippen molar-refractivity contribution in [3.05, 3.63) is 29.8 Å². The third-order valence-electron chi connectivity index (χ3n) is 3.83. The number of carboxylic acid groups (broad SMARTS) is 1. The topological polar surface area (TPSA) is 113 Å². The molecular weight excluding hydrogens is 382 g/mol. The number of carboxylic acids is 1. The third kappa shape index (κ3) is 12.3. The Morgan fingerprint density at radius 2 is 2.04 bits per heavy atom. The second kappa shape index (κ2) is 13.2. The van der Waals surface area contributed by atoms with Crippen LogP contribution in [0.25, 0.3) is 0 Å². The van der Waals surface area contributed by atoms with Crippen molar-refractivity contribution in [3.63, 3.8) is 0 Å². The van der Waals surface area contributed by atoms with Crippen LogP contribution in [0.3, 0.4) is 0 Å². The van der Waals surface area contributed by atoms with Gasteiger partial charge in [-0.05, 0) is 50.3 Å². The summed E-state index contributed by atoms with van der Waals surface area (Å²) in [4.78, 5) is 10.3. The van der Waals surface area contributed by atoms with Gasteiger partial charge in [0.1, 0.15) is 12.4 Å². The van der Waals surface area contributed by atoms with Gasteiger partial charge in [-0.15, -0.1) is 5.92 Å². The van der Waals surface area contributed by atoms with Gasteiger partial charge in [-0.2, -0.15) is 0 Å². The summed E-state index contributed by atoms with van der Waals surface area (Å²) in [5.74, 6) is 5.22. The first-order chi connectivity index (χ1) is 13.3. The third-order valence-corrected chi connectivity index (χ3v) is 5.24. The molecule has 0 amide bonds. The average Bonchev–Trinajstić information content (AvgIpc) is 2.62. The molecule has 0 saturated heterocycles. The van der Waals surface area contributed by atoms with Gasteiger partial charge in [0.25, 0.3) is 0 Å². The van der Waals surface area contributed by atoms with E-state index in [1.165, 1.54) is 0 Å². The molecule has 0 bridgehead atoms. The van der Waals surface area contributed by atoms with Crippen LogP contribution in [-0.2, 0) is 14.8 Å². The second-order valence-corrected chi connectivity index (χ2v) is 8.44. The fourth-order valence-corrected chi connectivity index (χ4v) is 3.37. The lowest BCUT2D eigenvalue weighted by Crippen LogP contribution is -2.27. The Hall–Kier alpha value is -2.08. The number of aliphatic hydroxyl groups is 1. The maximum absolute atomic E-state index is 11.9. The predicted octanol–water partition coefficient (Wildman–Crippen LogP) is 2.08. The standard InChI is InChI=1S/C20H29NO6S/c1-17-9-8-11-19(15-17)27-16-18(22)10-5-7-14-28(25,26)21-13-6-3-2-4-12-20(23)24/h8-9,11,15,18,21-22H,2,4-5,7,10,12-14,16H2,1H3,(H,23,24). The van der Waals surface area contributed by atoms with Crippen LogP contribution in [-0.4, -0.2) is 49.6 Å². The van der Waals surface area contributed by atoms with Gasteiger partial charge in [-0.3, -0.25) is 4.79 Å². The van der Waals surface area contributed by atoms with Crippen LogP contribution in [0.15, 0.2) is 24.3 Å². The Balaban J connectivity index is 2.13. The van der Waals surface area contributed by atoms with Crippen molar-refractivity contribution < 1.29 is 28.2 Å². The van der Waals surface area contributed by atoms with Crippen LogP contribution in [0.4, 0.5) is 0 Å². The molecule has 156 valence electrons. The van der Waals surface area contributed by atoms with Crippen LogP contribution in [0, 0.1) is 18.8 Å². The highest BCUT2D eigenvalue weighted by Crippen LogP contribution is 2.13. The lowest BCUT2D eigenvalue weighted by molar-refractivity contribution is -0.137. The number of benzene rings is 1. The smallest absolute Gasteiger partial charge is 0.303 e. The maximum Gasteiger partial charge on any atom is 0.303 e. The Bertz CT molecular complexity index is 766. The minimum absolute atomic E-state index is 0.0162. The van der Waals surface area contributed by atoms with E-state index in [0.29, 0.717) is 37.9 Å². The van der Waals surface area contributed by atoms with Crippen molar-refractivity contribution in [2.24, 2.45) is 0 Å². The number of hydrogen-bond donors (Lipinski definition) is 3. The number of aliphatic carboxylic acids is 1. The first-order valence-corrected chi connectivity index (χ1v) is 11.0. The molecule has 0 radical (unpaired) electrons. The first kappa shape index (κ1) is 24.0. The molecule has 0 aliphatic heterocycles. The molecule has 0 spiro atoms. The van der Waals surface area contributed by atoms with Gasteiger partial charge in [-0.1, -0.05) is 18.1 Å². The van der Waals surface area contributed by atoms with Gasteiger partial charge in [0.05, 0.1) is 18.4 Å². The number of carbonyl (C=O) groups is 1. The van der Waals surface area contributed by atoms with Crippen molar-refractivity contribution in [2.75, 3.05) is 18.9 Å². The molecule has 1 aromatic rings. The SMILES string of the molecule is Cc1cccc(OCC(O)CCCCS(=O)(=O)NCC#CCCCC(=O)O)c1. The molecule has 0 heterocycles. The summed E-state index contributed by atoms with van der Waals surface area (Å²) >= 11 is 0. The number of ether oxygens (including phenoxy) is 1. The van der Waals surface area contributed by atoms with Crippen molar-refractivity contribution in [1.29, 1.82) is 0 Å². The van der Waals surface area contributed by atoms with E-state index < -0.39 is 22.1 Å². The summed E-state index contributed by atoms with van der Waals surface area (Å²) in [6, 6.07) is 7.56. The first-order valence-electron chi connectivity index (χ1n) is 9.31. The summed E-state index contributed by atoms with van der Waals surface area (Å²) in [5, 5.41) is 18.4. The molecule has 1 atom stereocenters. The summed E-state index contributed by atoms with van der Waals surface area (Å²) in [6.07, 6.45) is 1.75. The number of hydrogen-bond acceptors (Lipinski definition) is 5. The average molecular weight is 412 g/mol. The summed E-state index contributed by atoms with van der Waals surface area (Å²) in [6.45, 7) is 2.15. The fraction of sp³-hybridized carbons (Fsp3) is 0.550. The van der Waals surface area contributed by atoms with Crippen LogP contribution in [0.1, 0.15) is 44.1 Å². The van der Waals surface area contributed by atoms with Crippen molar-refractivity contribution in [2.45, 2.75) is 51.6 Å². The molecule has 28 heavy (non-hydrogen) atoms. The van der Waals surface area contributed by atoms with E-state index >= 15 is 0 Å². The molecule has 0 fully saturated rings. The minimum atomic E-state index is -3.41. The molecule has 1 unspecified atom stereocenters. The van der Waals surface area contributed by atoms with Crippen LogP contribution >= 0.6 is 0 Å². The lowest BCUT2D eigenvalue weighted by Gasteiger charge is -2.12. The molecule has 0 aromatic heterocycles. The highest BCUT2D eigenvalue weighted by molar-refractivity contribution is 7.89. The van der Waals surface area contributed by atoms with Gasteiger partial charge in [-0.25, -0.2) is 13.1 Å². The molecule has 1 rings (SSSR count). The summed E-state index contributed by atoms with van der Waals surface area (Å²) in [5.41, 5.74) is 1.08. The highest BCUT2D eigenvalue weighted by Gasteiger charge is 2.10. The van der Waals surface area contributed by atoms with Gasteiger partial charge in [0.15, 0.2) is 0 Å². The van der Waals surface area contributed by atoms with E-state index in [1.54, 1.807) is 0 Å². The van der Waals surface area contributed by atoms with Crippen LogP contribution in [0.2, 0.25) is 0 Å². The fourth-order valence-electron chi connectivity index (χ4n) is 2.35. The van der Waals surface area contributed by atoms with Gasteiger partial charge in [0.2, 0.25) is 10.0 Å². The Kier molecular flexibility index (Phi) is 11.3. The quantitative estimate of drug-likeness (QED) is 0.338. The van der Waals surface area contributed by atoms with Gasteiger partial charge < -0.3 is 14.9 Å². The number of aliphatic hydroxyl groups excluding tert-OH is 1. The second-order valence-electron chi connectivity index (χ2n) is 6.52. The van der Waals surface area contributed by atoms with E-state index in [9.17, 15) is 18.3 Å². The zero-order valence-corrected chi connectivity index (χ0v) is 17.0. The van der Waals surface area contributed by atoms with Crippen molar-refractivity contribution in [1.82, 2.24) is 4.72 Å². The predicted molar refractivity (Wildman–Crippen MR) is 108 cm³/mol. The molecular formula is C20H29NO6S. The molecule has 0 aliphatic rings. The summed E-state index contributed by atoms with van der Waals surface area (Å²) in [7, 11) is -3.41. The van der Waals surface area contributed by atoms with Gasteiger partial charge >= 0.3 is 5.97 Å². The Morgan fingerprint density at radius 3 is 2.75 bits per heavy atom. The number of nitrogens with one attached hydrogen (secondary N) is 1. The van der Waals surface area contributed by atoms with E-state index in [0.717, 1.165) is 5.56 Å². The summed E-state index contributed by atoms with van der Waals surface area (Å²) < 4.78 is 31.6. The maximum atomic E-state index is 11.9.